The molecule has 0 spiro atoms. The number of nitrogens with one attached hydrogen (secondary N) is 1. The number of hydrogen-bond donors (Lipinski definition) is 1. The summed E-state index contributed by atoms with van der Waals surface area (Å²) in [7, 11) is 0. The molecule has 1 aromatic carbocycles. The Hall–Kier alpha value is -2.38. The zero-order chi connectivity index (χ0) is 16.4. The molecule has 0 fully saturated rings. The van der Waals surface area contributed by atoms with Gasteiger partial charge >= 0.3 is 5.69 Å². The van der Waals surface area contributed by atoms with E-state index < -0.39 is 45.7 Å². The van der Waals surface area contributed by atoms with Crippen molar-refractivity contribution in [3.05, 3.63) is 39.4 Å². The quantitative estimate of drug-likeness (QED) is 0.682. The van der Waals surface area contributed by atoms with Gasteiger partial charge in [0, 0.05) is 11.5 Å². The Morgan fingerprint density at radius 1 is 1.29 bits per heavy atom. The molecule has 0 aliphatic heterocycles. The third kappa shape index (κ3) is 3.80. The number of ketones is 1. The lowest BCUT2D eigenvalue weighted by atomic mass is 9.91. The molecule has 0 aliphatic carbocycles. The van der Waals surface area contributed by atoms with Crippen molar-refractivity contribution in [1.82, 2.24) is 5.32 Å². The highest BCUT2D eigenvalue weighted by molar-refractivity contribution is 5.98. The fourth-order valence-electron chi connectivity index (χ4n) is 1.40. The summed E-state index contributed by atoms with van der Waals surface area (Å²) in [4.78, 5) is 32.9. The maximum atomic E-state index is 13.8. The molecule has 0 aromatic heterocycles. The third-order valence-corrected chi connectivity index (χ3v) is 2.74. The fourth-order valence-corrected chi connectivity index (χ4v) is 1.40. The highest BCUT2D eigenvalue weighted by atomic mass is 19.1. The van der Waals surface area contributed by atoms with Gasteiger partial charge in [-0.3, -0.25) is 19.7 Å². The van der Waals surface area contributed by atoms with Crippen LogP contribution in [0.5, 0.6) is 0 Å². The number of rotatable bonds is 4. The smallest absolute Gasteiger partial charge is 0.305 e. The summed E-state index contributed by atoms with van der Waals surface area (Å²) in [6.07, 6.45) is 0. The van der Waals surface area contributed by atoms with E-state index in [1.54, 1.807) is 20.8 Å². The highest BCUT2D eigenvalue weighted by Gasteiger charge is 2.27. The van der Waals surface area contributed by atoms with Crippen LogP contribution >= 0.6 is 0 Å². The molecule has 1 N–H and O–H groups in total. The van der Waals surface area contributed by atoms with E-state index >= 15 is 0 Å². The van der Waals surface area contributed by atoms with Gasteiger partial charge in [0.1, 0.15) is 11.4 Å². The third-order valence-electron chi connectivity index (χ3n) is 2.74. The lowest BCUT2D eigenvalue weighted by Crippen LogP contribution is -2.36. The normalized spacial score (nSPS) is 11.1. The van der Waals surface area contributed by atoms with Gasteiger partial charge in [-0.1, -0.05) is 20.8 Å². The van der Waals surface area contributed by atoms with Crippen LogP contribution in [0.3, 0.4) is 0 Å². The van der Waals surface area contributed by atoms with Crippen molar-refractivity contribution in [2.45, 2.75) is 20.8 Å². The number of benzene rings is 1. The van der Waals surface area contributed by atoms with E-state index in [9.17, 15) is 28.5 Å². The summed E-state index contributed by atoms with van der Waals surface area (Å²) >= 11 is 0. The fraction of sp³-hybridized carbons (Fsp3) is 0.385. The molecule has 1 rings (SSSR count). The molecule has 0 bridgehead atoms. The second kappa shape index (κ2) is 5.94. The molecule has 0 aliphatic rings. The molecule has 114 valence electrons. The van der Waals surface area contributed by atoms with Gasteiger partial charge in [-0.25, -0.2) is 4.39 Å². The van der Waals surface area contributed by atoms with Crippen molar-refractivity contribution in [2.24, 2.45) is 5.41 Å². The van der Waals surface area contributed by atoms with Crippen LogP contribution in [0.25, 0.3) is 0 Å². The van der Waals surface area contributed by atoms with Crippen LogP contribution < -0.4 is 5.32 Å². The molecular weight excluding hydrogens is 286 g/mol. The Morgan fingerprint density at radius 3 is 2.33 bits per heavy atom. The van der Waals surface area contributed by atoms with E-state index in [4.69, 9.17) is 0 Å². The van der Waals surface area contributed by atoms with Gasteiger partial charge in [0.2, 0.25) is 5.82 Å². The number of halogens is 2. The first-order chi connectivity index (χ1) is 9.55. The van der Waals surface area contributed by atoms with Crippen LogP contribution in [0.2, 0.25) is 0 Å². The molecule has 1 amide bonds. The largest absolute Gasteiger partial charge is 0.345 e. The van der Waals surface area contributed by atoms with Crippen LogP contribution in [0.4, 0.5) is 14.5 Å². The molecule has 0 radical (unpaired) electrons. The summed E-state index contributed by atoms with van der Waals surface area (Å²) in [5.41, 5.74) is -2.82. The van der Waals surface area contributed by atoms with E-state index in [-0.39, 0.29) is 5.78 Å². The first-order valence-corrected chi connectivity index (χ1v) is 5.99. The van der Waals surface area contributed by atoms with E-state index in [0.717, 1.165) is 0 Å². The van der Waals surface area contributed by atoms with Gasteiger partial charge in [-0.05, 0) is 6.07 Å². The van der Waals surface area contributed by atoms with Crippen LogP contribution in [0, 0.1) is 27.2 Å². The van der Waals surface area contributed by atoms with Crippen LogP contribution in [0.1, 0.15) is 31.1 Å². The number of Topliss-reactive ketones (excluding diaryl/α,β-unsaturated/α-hetero) is 1. The minimum Gasteiger partial charge on any atom is -0.345 e. The Morgan fingerprint density at radius 2 is 1.86 bits per heavy atom. The van der Waals surface area contributed by atoms with Gasteiger partial charge in [0.25, 0.3) is 5.91 Å². The average molecular weight is 300 g/mol. The molecule has 21 heavy (non-hydrogen) atoms. The lowest BCUT2D eigenvalue weighted by Gasteiger charge is -2.16. The molecular formula is C13H14F2N2O4. The van der Waals surface area contributed by atoms with E-state index in [2.05, 4.69) is 5.32 Å². The molecule has 0 atom stereocenters. The minimum atomic E-state index is -1.57. The number of nitro groups is 1. The van der Waals surface area contributed by atoms with Crippen molar-refractivity contribution in [2.75, 3.05) is 6.54 Å². The van der Waals surface area contributed by atoms with E-state index in [1.807, 2.05) is 0 Å². The van der Waals surface area contributed by atoms with Crippen molar-refractivity contribution >= 4 is 17.4 Å². The van der Waals surface area contributed by atoms with Crippen molar-refractivity contribution < 1.29 is 23.3 Å². The van der Waals surface area contributed by atoms with Gasteiger partial charge < -0.3 is 5.32 Å². The standard InChI is InChI=1S/C13H14F2N2O4/c1-13(2,3)9(18)6-16-12(19)10-7(14)4-5-8(11(10)15)17(20)21/h4-5H,6H2,1-3H3,(H,16,19). The number of carbonyl (C=O) groups is 2. The number of nitrogens with zero attached hydrogens (tertiary/aromatic N) is 1. The summed E-state index contributed by atoms with van der Waals surface area (Å²) in [6, 6.07) is 1.25. The van der Waals surface area contributed by atoms with Crippen LogP contribution in [0.15, 0.2) is 12.1 Å². The molecule has 1 aromatic rings. The van der Waals surface area contributed by atoms with Crippen molar-refractivity contribution in [3.63, 3.8) is 0 Å². The van der Waals surface area contributed by atoms with Crippen molar-refractivity contribution in [1.29, 1.82) is 0 Å². The first kappa shape index (κ1) is 16.7. The summed E-state index contributed by atoms with van der Waals surface area (Å²) in [5.74, 6) is -4.37. The first-order valence-electron chi connectivity index (χ1n) is 5.99. The summed E-state index contributed by atoms with van der Waals surface area (Å²) in [5, 5.41) is 12.6. The maximum absolute atomic E-state index is 13.8. The second-order valence-electron chi connectivity index (χ2n) is 5.37. The molecule has 0 saturated carbocycles. The van der Waals surface area contributed by atoms with Gasteiger partial charge in [0.15, 0.2) is 5.78 Å². The summed E-state index contributed by atoms with van der Waals surface area (Å²) in [6.45, 7) is 4.44. The van der Waals surface area contributed by atoms with E-state index in [0.29, 0.717) is 12.1 Å². The maximum Gasteiger partial charge on any atom is 0.305 e. The Balaban J connectivity index is 3.01. The zero-order valence-corrected chi connectivity index (χ0v) is 11.7. The monoisotopic (exact) mass is 300 g/mol. The number of carbonyl (C=O) groups excluding carboxylic acids is 2. The number of nitro benzene ring substituents is 1. The van der Waals surface area contributed by atoms with Gasteiger partial charge in [-0.2, -0.15) is 4.39 Å². The van der Waals surface area contributed by atoms with Crippen LogP contribution in [-0.4, -0.2) is 23.2 Å². The Bertz CT molecular complexity index is 609. The van der Waals surface area contributed by atoms with Crippen LogP contribution in [-0.2, 0) is 4.79 Å². The van der Waals surface area contributed by atoms with E-state index in [1.165, 1.54) is 0 Å². The Labute approximate surface area is 119 Å². The molecule has 0 unspecified atom stereocenters. The summed E-state index contributed by atoms with van der Waals surface area (Å²) < 4.78 is 27.3. The molecule has 8 heteroatoms. The predicted octanol–water partition coefficient (Wildman–Crippen LogP) is 2.22. The SMILES string of the molecule is CC(C)(C)C(=O)CNC(=O)c1c(F)ccc([N+](=O)[O-])c1F. The zero-order valence-electron chi connectivity index (χ0n) is 11.7. The van der Waals surface area contributed by atoms with Gasteiger partial charge in [0.05, 0.1) is 11.5 Å². The average Bonchev–Trinajstić information content (AvgIpc) is 2.34. The topological polar surface area (TPSA) is 89.3 Å². The Kier molecular flexibility index (Phi) is 4.72. The minimum absolute atomic E-state index is 0.345. The molecule has 0 heterocycles. The number of amides is 1. The van der Waals surface area contributed by atoms with Gasteiger partial charge in [-0.15, -0.1) is 0 Å². The van der Waals surface area contributed by atoms with Crippen molar-refractivity contribution in [3.8, 4) is 0 Å². The molecule has 6 nitrogen and oxygen atoms in total. The molecule has 0 saturated heterocycles. The second-order valence-corrected chi connectivity index (χ2v) is 5.37. The highest BCUT2D eigenvalue weighted by Crippen LogP contribution is 2.23. The lowest BCUT2D eigenvalue weighted by molar-refractivity contribution is -0.387. The predicted molar refractivity (Wildman–Crippen MR) is 69.8 cm³/mol. The number of hydrogen-bond acceptors (Lipinski definition) is 4.